The van der Waals surface area contributed by atoms with Crippen LogP contribution in [0.5, 0.6) is 5.75 Å². The summed E-state index contributed by atoms with van der Waals surface area (Å²) in [6.07, 6.45) is 8.05. The Bertz CT molecular complexity index is 453. The van der Waals surface area contributed by atoms with Gasteiger partial charge in [0.1, 0.15) is 5.75 Å². The molecule has 1 aromatic rings. The van der Waals surface area contributed by atoms with E-state index in [1.807, 2.05) is 30.5 Å². The van der Waals surface area contributed by atoms with Gasteiger partial charge in [-0.15, -0.1) is 0 Å². The van der Waals surface area contributed by atoms with Crippen molar-refractivity contribution in [3.8, 4) is 5.75 Å². The van der Waals surface area contributed by atoms with Gasteiger partial charge in [-0.25, -0.2) is 5.43 Å². The molecule has 0 aromatic heterocycles. The van der Waals surface area contributed by atoms with E-state index in [9.17, 15) is 4.79 Å². The summed E-state index contributed by atoms with van der Waals surface area (Å²) in [4.78, 5) is 11.6. The van der Waals surface area contributed by atoms with Gasteiger partial charge in [0.05, 0.1) is 0 Å². The molecule has 108 valence electrons. The predicted octanol–water partition coefficient (Wildman–Crippen LogP) is 3.51. The van der Waals surface area contributed by atoms with Crippen molar-refractivity contribution in [2.24, 2.45) is 11.0 Å². The van der Waals surface area contributed by atoms with Gasteiger partial charge >= 0.3 is 0 Å². The molecule has 20 heavy (non-hydrogen) atoms. The number of hydrogen-bond donors (Lipinski definition) is 1. The van der Waals surface area contributed by atoms with E-state index in [2.05, 4.69) is 26.5 Å². The zero-order valence-electron chi connectivity index (χ0n) is 11.3. The van der Waals surface area contributed by atoms with Gasteiger partial charge in [-0.05, 0) is 43.0 Å². The Kier molecular flexibility index (Phi) is 6.05. The van der Waals surface area contributed by atoms with Gasteiger partial charge in [-0.1, -0.05) is 35.2 Å². The molecule has 0 radical (unpaired) electrons. The van der Waals surface area contributed by atoms with Crippen molar-refractivity contribution in [3.63, 3.8) is 0 Å². The molecule has 0 aliphatic heterocycles. The second-order valence-corrected chi connectivity index (χ2v) is 5.87. The number of hydrazone groups is 1. The number of amides is 1. The lowest BCUT2D eigenvalue weighted by Crippen LogP contribution is -2.25. The fourth-order valence-electron chi connectivity index (χ4n) is 2.21. The summed E-state index contributed by atoms with van der Waals surface area (Å²) in [7, 11) is 0. The Morgan fingerprint density at radius 2 is 2.00 bits per heavy atom. The average molecular weight is 339 g/mol. The zero-order valence-corrected chi connectivity index (χ0v) is 12.9. The van der Waals surface area contributed by atoms with E-state index in [4.69, 9.17) is 4.74 Å². The molecule has 1 amide bonds. The molecular formula is C15H19BrN2O2. The Hall–Kier alpha value is -1.36. The molecule has 0 heterocycles. The average Bonchev–Trinajstić information content (AvgIpc) is 2.48. The monoisotopic (exact) mass is 338 g/mol. The number of rotatable bonds is 5. The molecule has 1 fully saturated rings. The van der Waals surface area contributed by atoms with Crippen molar-refractivity contribution in [1.82, 2.24) is 5.43 Å². The summed E-state index contributed by atoms with van der Waals surface area (Å²) in [5.41, 5.74) is 2.51. The molecule has 0 unspecified atom stereocenters. The third kappa shape index (κ3) is 5.33. The highest BCUT2D eigenvalue weighted by Gasteiger charge is 2.10. The van der Waals surface area contributed by atoms with Crippen molar-refractivity contribution in [2.75, 3.05) is 6.61 Å². The minimum atomic E-state index is -0.236. The maximum absolute atomic E-state index is 11.6. The lowest BCUT2D eigenvalue weighted by Gasteiger charge is -2.16. The van der Waals surface area contributed by atoms with Crippen molar-refractivity contribution in [2.45, 2.75) is 32.1 Å². The molecule has 4 nitrogen and oxygen atoms in total. The molecule has 1 aromatic carbocycles. The van der Waals surface area contributed by atoms with E-state index in [0.717, 1.165) is 4.47 Å². The summed E-state index contributed by atoms with van der Waals surface area (Å²) in [6, 6.07) is 7.36. The largest absolute Gasteiger partial charge is 0.484 e. The SMILES string of the molecule is O=C(COc1ccc(Br)cc1)N/N=C/C1CCCCC1. The van der Waals surface area contributed by atoms with E-state index in [-0.39, 0.29) is 12.5 Å². The molecule has 0 bridgehead atoms. The minimum absolute atomic E-state index is 0.0242. The topological polar surface area (TPSA) is 50.7 Å². The van der Waals surface area contributed by atoms with Crippen LogP contribution in [-0.2, 0) is 4.79 Å². The number of nitrogens with zero attached hydrogens (tertiary/aromatic N) is 1. The summed E-state index contributed by atoms with van der Waals surface area (Å²) in [6.45, 7) is -0.0242. The van der Waals surface area contributed by atoms with E-state index in [1.54, 1.807) is 0 Å². The Balaban J connectivity index is 1.67. The Labute approximate surface area is 127 Å². The number of halogens is 1. The number of carbonyl (C=O) groups is 1. The number of nitrogens with one attached hydrogen (secondary N) is 1. The van der Waals surface area contributed by atoms with Crippen molar-refractivity contribution < 1.29 is 9.53 Å². The predicted molar refractivity (Wildman–Crippen MR) is 82.8 cm³/mol. The van der Waals surface area contributed by atoms with Gasteiger partial charge < -0.3 is 4.74 Å². The third-order valence-electron chi connectivity index (χ3n) is 3.31. The van der Waals surface area contributed by atoms with Crippen LogP contribution in [0.25, 0.3) is 0 Å². The second kappa shape index (κ2) is 8.04. The standard InChI is InChI=1S/C15H19BrN2O2/c16-13-6-8-14(9-7-13)20-11-15(19)18-17-10-12-4-2-1-3-5-12/h6-10,12H,1-5,11H2,(H,18,19)/b17-10+. The minimum Gasteiger partial charge on any atom is -0.484 e. The van der Waals surface area contributed by atoms with Gasteiger partial charge in [0, 0.05) is 10.7 Å². The molecule has 2 rings (SSSR count). The molecule has 0 saturated heterocycles. The van der Waals surface area contributed by atoms with Crippen molar-refractivity contribution >= 4 is 28.1 Å². The van der Waals surface area contributed by atoms with Gasteiger partial charge in [-0.2, -0.15) is 5.10 Å². The van der Waals surface area contributed by atoms with Crippen LogP contribution in [0, 0.1) is 5.92 Å². The van der Waals surface area contributed by atoms with Crippen LogP contribution >= 0.6 is 15.9 Å². The van der Waals surface area contributed by atoms with E-state index >= 15 is 0 Å². The number of ether oxygens (including phenoxy) is 1. The molecule has 0 atom stereocenters. The van der Waals surface area contributed by atoms with Crippen LogP contribution in [0.15, 0.2) is 33.8 Å². The summed E-state index contributed by atoms with van der Waals surface area (Å²) in [5.74, 6) is 0.941. The van der Waals surface area contributed by atoms with Gasteiger partial charge in [-0.3, -0.25) is 4.79 Å². The highest BCUT2D eigenvalue weighted by molar-refractivity contribution is 9.10. The van der Waals surface area contributed by atoms with Gasteiger partial charge in [0.25, 0.3) is 5.91 Å². The van der Waals surface area contributed by atoms with Crippen molar-refractivity contribution in [3.05, 3.63) is 28.7 Å². The molecule has 1 aliphatic rings. The highest BCUT2D eigenvalue weighted by atomic mass is 79.9. The number of benzene rings is 1. The second-order valence-electron chi connectivity index (χ2n) is 4.95. The quantitative estimate of drug-likeness (QED) is 0.659. The molecule has 0 spiro atoms. The van der Waals surface area contributed by atoms with E-state index in [0.29, 0.717) is 11.7 Å². The van der Waals surface area contributed by atoms with Crippen LogP contribution in [0.4, 0.5) is 0 Å². The van der Waals surface area contributed by atoms with Crippen LogP contribution < -0.4 is 10.2 Å². The molecule has 1 N–H and O–H groups in total. The van der Waals surface area contributed by atoms with Gasteiger partial charge in [0.15, 0.2) is 6.61 Å². The Morgan fingerprint density at radius 3 is 2.70 bits per heavy atom. The van der Waals surface area contributed by atoms with Crippen LogP contribution in [0.1, 0.15) is 32.1 Å². The fraction of sp³-hybridized carbons (Fsp3) is 0.467. The first kappa shape index (κ1) is 15.0. The fourth-order valence-corrected chi connectivity index (χ4v) is 2.47. The summed E-state index contributed by atoms with van der Waals surface area (Å²) < 4.78 is 6.34. The first-order valence-corrected chi connectivity index (χ1v) is 7.74. The Morgan fingerprint density at radius 1 is 1.30 bits per heavy atom. The lowest BCUT2D eigenvalue weighted by atomic mass is 9.90. The maximum atomic E-state index is 11.6. The molecule has 1 aliphatic carbocycles. The first-order valence-electron chi connectivity index (χ1n) is 6.94. The third-order valence-corrected chi connectivity index (χ3v) is 3.84. The van der Waals surface area contributed by atoms with Gasteiger partial charge in [0.2, 0.25) is 0 Å². The van der Waals surface area contributed by atoms with Crippen LogP contribution in [0.3, 0.4) is 0 Å². The highest BCUT2D eigenvalue weighted by Crippen LogP contribution is 2.21. The first-order chi connectivity index (χ1) is 9.74. The zero-order chi connectivity index (χ0) is 14.2. The molecule has 5 heteroatoms. The molecule has 1 saturated carbocycles. The maximum Gasteiger partial charge on any atom is 0.277 e. The van der Waals surface area contributed by atoms with Crippen LogP contribution in [-0.4, -0.2) is 18.7 Å². The smallest absolute Gasteiger partial charge is 0.277 e. The molecular weight excluding hydrogens is 320 g/mol. The normalized spacial score (nSPS) is 16.2. The summed E-state index contributed by atoms with van der Waals surface area (Å²) in [5, 5.41) is 4.01. The van der Waals surface area contributed by atoms with Crippen molar-refractivity contribution in [1.29, 1.82) is 0 Å². The van der Waals surface area contributed by atoms with E-state index < -0.39 is 0 Å². The van der Waals surface area contributed by atoms with E-state index in [1.165, 1.54) is 32.1 Å². The number of carbonyl (C=O) groups excluding carboxylic acids is 1. The summed E-state index contributed by atoms with van der Waals surface area (Å²) >= 11 is 3.34. The van der Waals surface area contributed by atoms with Crippen LogP contribution in [0.2, 0.25) is 0 Å². The lowest BCUT2D eigenvalue weighted by molar-refractivity contribution is -0.123. The number of hydrogen-bond acceptors (Lipinski definition) is 3.